The number of benzene rings is 5. The molecule has 6 rings (SSSR count). The van der Waals surface area contributed by atoms with Crippen LogP contribution in [0.5, 0.6) is 5.75 Å². The van der Waals surface area contributed by atoms with Crippen LogP contribution in [-0.2, 0) is 17.8 Å². The van der Waals surface area contributed by atoms with Crippen molar-refractivity contribution in [1.82, 2.24) is 20.9 Å². The van der Waals surface area contributed by atoms with Crippen LogP contribution in [0.25, 0.3) is 32.8 Å². The first-order chi connectivity index (χ1) is 25.2. The fourth-order valence-electron chi connectivity index (χ4n) is 6.12. The molecule has 0 saturated heterocycles. The van der Waals surface area contributed by atoms with Gasteiger partial charge in [0.25, 0.3) is 5.91 Å². The molecule has 8 N–H and O–H groups in total. The molecule has 0 radical (unpaired) electrons. The molecule has 1 unspecified atom stereocenters. The maximum absolute atomic E-state index is 14.3. The van der Waals surface area contributed by atoms with E-state index in [1.165, 1.54) is 0 Å². The molecule has 0 bridgehead atoms. The van der Waals surface area contributed by atoms with Crippen LogP contribution >= 0.6 is 15.9 Å². The van der Waals surface area contributed by atoms with Crippen molar-refractivity contribution in [2.45, 2.75) is 19.0 Å². The number of ether oxygens (including phenoxy) is 1. The molecule has 12 heteroatoms. The average molecular weight is 761 g/mol. The SMILES string of the molecule is COc1ccc(CN=C(N)NCCNC(=O)C(Cc2c[nH]c3ccccc23)NC(=O)c2cc(Br)ccc2-c2c(C(N)=O)ccc3ccccc23)cc1. The largest absolute Gasteiger partial charge is 0.497 e. The van der Waals surface area contributed by atoms with Gasteiger partial charge in [0.1, 0.15) is 11.8 Å². The van der Waals surface area contributed by atoms with Gasteiger partial charge in [-0.05, 0) is 63.9 Å². The van der Waals surface area contributed by atoms with E-state index in [-0.39, 0.29) is 36.0 Å². The van der Waals surface area contributed by atoms with Gasteiger partial charge in [0.2, 0.25) is 11.8 Å². The summed E-state index contributed by atoms with van der Waals surface area (Å²) in [6.45, 7) is 0.910. The Bertz CT molecular complexity index is 2280. The predicted molar refractivity (Wildman–Crippen MR) is 208 cm³/mol. The fourth-order valence-corrected chi connectivity index (χ4v) is 6.48. The number of primary amides is 1. The number of hydrogen-bond acceptors (Lipinski definition) is 5. The zero-order chi connectivity index (χ0) is 36.6. The second-order valence-corrected chi connectivity index (χ2v) is 13.0. The molecule has 0 spiro atoms. The number of amides is 3. The van der Waals surface area contributed by atoms with Crippen LogP contribution in [0.2, 0.25) is 0 Å². The summed E-state index contributed by atoms with van der Waals surface area (Å²) in [6.07, 6.45) is 2.06. The quantitative estimate of drug-likeness (QED) is 0.0521. The average Bonchev–Trinajstić information content (AvgIpc) is 3.57. The molecule has 0 aliphatic carbocycles. The normalized spacial score (nSPS) is 12.0. The van der Waals surface area contributed by atoms with E-state index >= 15 is 0 Å². The second-order valence-electron chi connectivity index (χ2n) is 12.1. The van der Waals surface area contributed by atoms with Crippen molar-refractivity contribution in [2.24, 2.45) is 16.5 Å². The van der Waals surface area contributed by atoms with E-state index in [1.807, 2.05) is 85.1 Å². The lowest BCUT2D eigenvalue weighted by atomic mass is 9.89. The summed E-state index contributed by atoms with van der Waals surface area (Å²) < 4.78 is 5.84. The fraction of sp³-hybridized carbons (Fsp3) is 0.150. The molecule has 6 aromatic rings. The van der Waals surface area contributed by atoms with Gasteiger partial charge in [0.05, 0.1) is 13.7 Å². The molecule has 52 heavy (non-hydrogen) atoms. The molecule has 1 aromatic heterocycles. The van der Waals surface area contributed by atoms with E-state index < -0.39 is 17.9 Å². The van der Waals surface area contributed by atoms with Crippen molar-refractivity contribution < 1.29 is 19.1 Å². The number of nitrogens with zero attached hydrogens (tertiary/aromatic N) is 1. The van der Waals surface area contributed by atoms with E-state index in [0.29, 0.717) is 28.7 Å². The van der Waals surface area contributed by atoms with Crippen molar-refractivity contribution in [3.8, 4) is 16.9 Å². The highest BCUT2D eigenvalue weighted by molar-refractivity contribution is 9.10. The van der Waals surface area contributed by atoms with Gasteiger partial charge < -0.3 is 37.1 Å². The number of aliphatic imine (C=N–C) groups is 1. The van der Waals surface area contributed by atoms with Crippen molar-refractivity contribution in [3.63, 3.8) is 0 Å². The first-order valence-electron chi connectivity index (χ1n) is 16.6. The number of carbonyl (C=O) groups excluding carboxylic acids is 3. The topological polar surface area (TPSA) is 177 Å². The van der Waals surface area contributed by atoms with E-state index in [9.17, 15) is 14.4 Å². The van der Waals surface area contributed by atoms with Crippen molar-refractivity contribution >= 4 is 61.3 Å². The number of fused-ring (bicyclic) bond motifs is 2. The second kappa shape index (κ2) is 16.3. The van der Waals surface area contributed by atoms with Crippen molar-refractivity contribution in [1.29, 1.82) is 0 Å². The molecule has 3 amide bonds. The van der Waals surface area contributed by atoms with Crippen LogP contribution in [0.4, 0.5) is 0 Å². The summed E-state index contributed by atoms with van der Waals surface area (Å²) in [5, 5.41) is 11.5. The van der Waals surface area contributed by atoms with Gasteiger partial charge in [0.15, 0.2) is 5.96 Å². The number of halogens is 1. The highest BCUT2D eigenvalue weighted by Gasteiger charge is 2.26. The van der Waals surface area contributed by atoms with E-state index in [1.54, 1.807) is 31.4 Å². The number of carbonyl (C=O) groups is 3. The minimum Gasteiger partial charge on any atom is -0.497 e. The molecule has 11 nitrogen and oxygen atoms in total. The number of para-hydroxylation sites is 1. The Labute approximate surface area is 309 Å². The lowest BCUT2D eigenvalue weighted by Crippen LogP contribution is -2.49. The number of rotatable bonds is 13. The lowest BCUT2D eigenvalue weighted by molar-refractivity contribution is -0.122. The number of methoxy groups -OCH3 is 1. The third kappa shape index (κ3) is 8.24. The number of hydrogen-bond donors (Lipinski definition) is 6. The summed E-state index contributed by atoms with van der Waals surface area (Å²) in [6, 6.07) is 30.7. The molecular formula is C40H38BrN7O4. The van der Waals surface area contributed by atoms with Gasteiger partial charge in [-0.3, -0.25) is 14.4 Å². The third-order valence-electron chi connectivity index (χ3n) is 8.73. The first kappa shape index (κ1) is 35.7. The summed E-state index contributed by atoms with van der Waals surface area (Å²) in [4.78, 5) is 48.4. The van der Waals surface area contributed by atoms with Crippen molar-refractivity contribution in [3.05, 3.63) is 136 Å². The van der Waals surface area contributed by atoms with Gasteiger partial charge in [-0.1, -0.05) is 82.7 Å². The number of nitrogens with two attached hydrogens (primary N) is 2. The Morgan fingerprint density at radius 1 is 0.846 bits per heavy atom. The molecule has 1 heterocycles. The Morgan fingerprint density at radius 3 is 2.35 bits per heavy atom. The summed E-state index contributed by atoms with van der Waals surface area (Å²) in [5.41, 5.74) is 16.3. The molecule has 0 aliphatic heterocycles. The van der Waals surface area contributed by atoms with E-state index in [0.717, 1.165) is 38.6 Å². The van der Waals surface area contributed by atoms with Crippen LogP contribution in [0.3, 0.4) is 0 Å². The molecule has 5 aromatic carbocycles. The first-order valence-corrected chi connectivity index (χ1v) is 17.4. The van der Waals surface area contributed by atoms with Gasteiger partial charge in [-0.25, -0.2) is 4.99 Å². The lowest BCUT2D eigenvalue weighted by Gasteiger charge is -2.21. The van der Waals surface area contributed by atoms with E-state index in [2.05, 4.69) is 41.9 Å². The molecule has 1 atom stereocenters. The predicted octanol–water partition coefficient (Wildman–Crippen LogP) is 5.42. The van der Waals surface area contributed by atoms with Crippen LogP contribution in [0.15, 0.2) is 119 Å². The zero-order valence-electron chi connectivity index (χ0n) is 28.4. The zero-order valence-corrected chi connectivity index (χ0v) is 30.0. The summed E-state index contributed by atoms with van der Waals surface area (Å²) in [5.74, 6) is -0.499. The maximum atomic E-state index is 14.3. The Kier molecular flexibility index (Phi) is 11.2. The van der Waals surface area contributed by atoms with Gasteiger partial charge in [0, 0.05) is 57.8 Å². The summed E-state index contributed by atoms with van der Waals surface area (Å²) in [7, 11) is 1.61. The van der Waals surface area contributed by atoms with Gasteiger partial charge >= 0.3 is 0 Å². The highest BCUT2D eigenvalue weighted by atomic mass is 79.9. The molecule has 0 saturated carbocycles. The monoisotopic (exact) mass is 759 g/mol. The standard InChI is InChI=1S/C40H38BrN7O4/c1-52-28-14-10-24(11-15-28)22-47-40(43)45-19-18-44-39(51)35(20-26-23-46-34-9-5-4-7-29(26)34)48-38(50)33-21-27(41)13-17-31(33)36-30-8-3-2-6-25(30)12-16-32(36)37(42)49/h2-17,21,23,35,46H,18-20,22H2,1H3,(H2,42,49)(H,44,51)(H,48,50)(H3,43,45,47). The van der Waals surface area contributed by atoms with Crippen LogP contribution in [-0.4, -0.2) is 54.9 Å². The van der Waals surface area contributed by atoms with Gasteiger partial charge in [-0.15, -0.1) is 0 Å². The van der Waals surface area contributed by atoms with E-state index in [4.69, 9.17) is 16.2 Å². The minimum atomic E-state index is -0.956. The number of nitrogens with one attached hydrogen (secondary N) is 4. The van der Waals surface area contributed by atoms with Crippen LogP contribution < -0.4 is 32.2 Å². The molecular weight excluding hydrogens is 722 g/mol. The molecule has 0 fully saturated rings. The maximum Gasteiger partial charge on any atom is 0.252 e. The molecule has 264 valence electrons. The third-order valence-corrected chi connectivity index (χ3v) is 9.23. The van der Waals surface area contributed by atoms with Crippen LogP contribution in [0.1, 0.15) is 31.8 Å². The highest BCUT2D eigenvalue weighted by Crippen LogP contribution is 2.36. The smallest absolute Gasteiger partial charge is 0.252 e. The summed E-state index contributed by atoms with van der Waals surface area (Å²) >= 11 is 3.50. The Balaban J connectivity index is 1.23. The number of guanidine groups is 1. The Hall–Kier alpha value is -6.14. The number of aromatic nitrogens is 1. The number of H-pyrrole nitrogens is 1. The minimum absolute atomic E-state index is 0.213. The molecule has 0 aliphatic rings. The van der Waals surface area contributed by atoms with Gasteiger partial charge in [-0.2, -0.15) is 0 Å². The Morgan fingerprint density at radius 2 is 1.58 bits per heavy atom. The van der Waals surface area contributed by atoms with Crippen LogP contribution in [0, 0.1) is 0 Å². The number of aromatic amines is 1. The van der Waals surface area contributed by atoms with Crippen molar-refractivity contribution in [2.75, 3.05) is 20.2 Å².